The first-order valence-electron chi connectivity index (χ1n) is 4.40. The molecule has 0 saturated heterocycles. The maximum Gasteiger partial charge on any atom is 0.406 e. The lowest BCUT2D eigenvalue weighted by Gasteiger charge is -2.21. The molecular formula is C8H10F3N3OS. The van der Waals surface area contributed by atoms with Gasteiger partial charge in [0.2, 0.25) is 0 Å². The molecule has 0 aliphatic carbocycles. The van der Waals surface area contributed by atoms with Gasteiger partial charge < -0.3 is 10.6 Å². The van der Waals surface area contributed by atoms with E-state index in [9.17, 15) is 18.0 Å². The zero-order chi connectivity index (χ0) is 12.3. The molecule has 1 amide bonds. The third-order valence-electron chi connectivity index (χ3n) is 1.78. The monoisotopic (exact) mass is 253 g/mol. The molecule has 4 nitrogen and oxygen atoms in total. The second-order valence-electron chi connectivity index (χ2n) is 3.01. The summed E-state index contributed by atoms with van der Waals surface area (Å²) in [6.07, 6.45) is -4.41. The number of amides is 1. The van der Waals surface area contributed by atoms with Gasteiger partial charge in [0, 0.05) is 11.9 Å². The predicted octanol–water partition coefficient (Wildman–Crippen LogP) is 1.75. The number of hydrogen-bond acceptors (Lipinski definition) is 4. The average molecular weight is 253 g/mol. The van der Waals surface area contributed by atoms with Crippen molar-refractivity contribution in [2.45, 2.75) is 13.1 Å². The normalized spacial score (nSPS) is 11.5. The molecule has 0 fully saturated rings. The van der Waals surface area contributed by atoms with Gasteiger partial charge in [-0.25, -0.2) is 4.98 Å². The summed E-state index contributed by atoms with van der Waals surface area (Å²) in [6.45, 7) is 0.162. The molecule has 0 radical (unpaired) electrons. The number of rotatable bonds is 3. The van der Waals surface area contributed by atoms with Crippen molar-refractivity contribution < 1.29 is 18.0 Å². The minimum Gasteiger partial charge on any atom is -0.375 e. The zero-order valence-electron chi connectivity index (χ0n) is 8.41. The van der Waals surface area contributed by atoms with Crippen molar-refractivity contribution in [3.05, 3.63) is 11.1 Å². The smallest absolute Gasteiger partial charge is 0.375 e. The van der Waals surface area contributed by atoms with Gasteiger partial charge in [-0.15, -0.1) is 11.3 Å². The highest BCUT2D eigenvalue weighted by Gasteiger charge is 2.33. The van der Waals surface area contributed by atoms with Crippen molar-refractivity contribution in [2.75, 3.05) is 18.8 Å². The summed E-state index contributed by atoms with van der Waals surface area (Å²) in [5.74, 6) is -0.757. The first-order valence-corrected chi connectivity index (χ1v) is 5.28. The molecule has 16 heavy (non-hydrogen) atoms. The molecule has 1 rings (SSSR count). The Labute approximate surface area is 93.9 Å². The summed E-state index contributed by atoms with van der Waals surface area (Å²) in [7, 11) is 0. The average Bonchev–Trinajstić information content (AvgIpc) is 2.58. The molecule has 90 valence electrons. The lowest BCUT2D eigenvalue weighted by atomic mass is 10.3. The van der Waals surface area contributed by atoms with Gasteiger partial charge in [-0.1, -0.05) is 0 Å². The van der Waals surface area contributed by atoms with Crippen LogP contribution in [0.3, 0.4) is 0 Å². The van der Waals surface area contributed by atoms with Crippen LogP contribution in [-0.4, -0.2) is 35.1 Å². The number of hydrogen-bond donors (Lipinski definition) is 1. The zero-order valence-corrected chi connectivity index (χ0v) is 9.23. The number of aromatic nitrogens is 1. The molecule has 2 N–H and O–H groups in total. The first-order chi connectivity index (χ1) is 7.33. The number of alkyl halides is 3. The number of carbonyl (C=O) groups excluding carboxylic acids is 1. The largest absolute Gasteiger partial charge is 0.406 e. The Bertz CT molecular complexity index is 377. The van der Waals surface area contributed by atoms with Gasteiger partial charge in [0.15, 0.2) is 5.13 Å². The molecule has 0 bridgehead atoms. The second kappa shape index (κ2) is 4.69. The lowest BCUT2D eigenvalue weighted by molar-refractivity contribution is -0.140. The molecule has 0 aliphatic rings. The highest BCUT2D eigenvalue weighted by molar-refractivity contribution is 7.13. The van der Waals surface area contributed by atoms with E-state index in [0.29, 0.717) is 4.90 Å². The Morgan fingerprint density at radius 3 is 2.62 bits per heavy atom. The standard InChI is InChI=1S/C8H10F3N3OS/c1-2-14(4-8(9,10)11)6(15)5-3-16-7(12)13-5/h3H,2,4H2,1H3,(H2,12,13). The maximum absolute atomic E-state index is 12.1. The highest BCUT2D eigenvalue weighted by Crippen LogP contribution is 2.19. The molecule has 0 aromatic carbocycles. The quantitative estimate of drug-likeness (QED) is 0.892. The third kappa shape index (κ3) is 3.37. The van der Waals surface area contributed by atoms with E-state index in [0.717, 1.165) is 11.3 Å². The molecule has 0 spiro atoms. The summed E-state index contributed by atoms with van der Waals surface area (Å²) in [6, 6.07) is 0. The minimum atomic E-state index is -4.41. The number of anilines is 1. The van der Waals surface area contributed by atoms with Crippen LogP contribution in [0, 0.1) is 0 Å². The Morgan fingerprint density at radius 1 is 1.62 bits per heavy atom. The summed E-state index contributed by atoms with van der Waals surface area (Å²) >= 11 is 1.02. The minimum absolute atomic E-state index is 0.0320. The third-order valence-corrected chi connectivity index (χ3v) is 2.45. The maximum atomic E-state index is 12.1. The Morgan fingerprint density at radius 2 is 2.25 bits per heavy atom. The molecule has 1 heterocycles. The lowest BCUT2D eigenvalue weighted by Crippen LogP contribution is -2.38. The van der Waals surface area contributed by atoms with Gasteiger partial charge in [-0.05, 0) is 6.92 Å². The fourth-order valence-corrected chi connectivity index (χ4v) is 1.63. The van der Waals surface area contributed by atoms with Crippen molar-refractivity contribution >= 4 is 22.4 Å². The van der Waals surface area contributed by atoms with E-state index in [4.69, 9.17) is 5.73 Å². The molecule has 0 saturated carbocycles. The van der Waals surface area contributed by atoms with E-state index in [-0.39, 0.29) is 17.4 Å². The van der Waals surface area contributed by atoms with Crippen LogP contribution in [0.15, 0.2) is 5.38 Å². The van der Waals surface area contributed by atoms with Crippen LogP contribution in [0.4, 0.5) is 18.3 Å². The van der Waals surface area contributed by atoms with E-state index in [1.807, 2.05) is 0 Å². The number of nitrogens with zero attached hydrogens (tertiary/aromatic N) is 2. The molecular weight excluding hydrogens is 243 g/mol. The van der Waals surface area contributed by atoms with E-state index in [1.165, 1.54) is 12.3 Å². The molecule has 0 aliphatic heterocycles. The van der Waals surface area contributed by atoms with Crippen LogP contribution < -0.4 is 5.73 Å². The number of nitrogen functional groups attached to an aromatic ring is 1. The number of halogens is 3. The van der Waals surface area contributed by atoms with Crippen molar-refractivity contribution in [1.29, 1.82) is 0 Å². The van der Waals surface area contributed by atoms with Crippen molar-refractivity contribution in [3.8, 4) is 0 Å². The summed E-state index contributed by atoms with van der Waals surface area (Å²) in [5, 5.41) is 1.50. The SMILES string of the molecule is CCN(CC(F)(F)F)C(=O)c1csc(N)n1. The molecule has 1 aromatic heterocycles. The van der Waals surface area contributed by atoms with Crippen LogP contribution in [0.25, 0.3) is 0 Å². The molecule has 1 aromatic rings. The second-order valence-corrected chi connectivity index (χ2v) is 3.90. The Kier molecular flexibility index (Phi) is 3.74. The Hall–Kier alpha value is -1.31. The summed E-state index contributed by atoms with van der Waals surface area (Å²) < 4.78 is 36.4. The number of carbonyl (C=O) groups is 1. The van der Waals surface area contributed by atoms with Crippen molar-refractivity contribution in [2.24, 2.45) is 0 Å². The van der Waals surface area contributed by atoms with Gasteiger partial charge in [-0.2, -0.15) is 13.2 Å². The summed E-state index contributed by atoms with van der Waals surface area (Å²) in [4.78, 5) is 15.9. The van der Waals surface area contributed by atoms with Gasteiger partial charge >= 0.3 is 6.18 Å². The van der Waals surface area contributed by atoms with Crippen molar-refractivity contribution in [1.82, 2.24) is 9.88 Å². The summed E-state index contributed by atoms with van der Waals surface area (Å²) in [5.41, 5.74) is 5.25. The fraction of sp³-hybridized carbons (Fsp3) is 0.500. The molecule has 8 heteroatoms. The van der Waals surface area contributed by atoms with Crippen LogP contribution in [0.5, 0.6) is 0 Å². The van der Waals surface area contributed by atoms with E-state index in [1.54, 1.807) is 0 Å². The van der Waals surface area contributed by atoms with Gasteiger partial charge in [0.25, 0.3) is 5.91 Å². The first kappa shape index (κ1) is 12.8. The van der Waals surface area contributed by atoms with E-state index < -0.39 is 18.6 Å². The van der Waals surface area contributed by atoms with Crippen molar-refractivity contribution in [3.63, 3.8) is 0 Å². The van der Waals surface area contributed by atoms with E-state index in [2.05, 4.69) is 4.98 Å². The van der Waals surface area contributed by atoms with Gasteiger partial charge in [0.05, 0.1) is 0 Å². The Balaban J connectivity index is 2.78. The van der Waals surface area contributed by atoms with Crippen LogP contribution in [-0.2, 0) is 0 Å². The number of thiazole rings is 1. The number of nitrogens with two attached hydrogens (primary N) is 1. The molecule has 0 atom stereocenters. The topological polar surface area (TPSA) is 59.2 Å². The van der Waals surface area contributed by atoms with Crippen LogP contribution >= 0.6 is 11.3 Å². The van der Waals surface area contributed by atoms with E-state index >= 15 is 0 Å². The van der Waals surface area contributed by atoms with Crippen LogP contribution in [0.1, 0.15) is 17.4 Å². The van der Waals surface area contributed by atoms with Gasteiger partial charge in [-0.3, -0.25) is 4.79 Å². The fourth-order valence-electron chi connectivity index (χ4n) is 1.09. The predicted molar refractivity (Wildman–Crippen MR) is 54.2 cm³/mol. The molecule has 0 unspecified atom stereocenters. The van der Waals surface area contributed by atoms with Gasteiger partial charge in [0.1, 0.15) is 12.2 Å². The highest BCUT2D eigenvalue weighted by atomic mass is 32.1. The van der Waals surface area contributed by atoms with Crippen LogP contribution in [0.2, 0.25) is 0 Å².